The van der Waals surface area contributed by atoms with Crippen molar-refractivity contribution in [3.05, 3.63) is 29.8 Å². The maximum absolute atomic E-state index is 3.19. The highest BCUT2D eigenvalue weighted by atomic mass is 15.1. The molecule has 0 aliphatic rings. The lowest BCUT2D eigenvalue weighted by molar-refractivity contribution is 0.258. The minimum absolute atomic E-state index is 0.470. The molecule has 1 N–H and O–H groups in total. The molecule has 0 amide bonds. The van der Waals surface area contributed by atoms with Gasteiger partial charge in [0.2, 0.25) is 0 Å². The molecular formula is C15H27N3. The molecular weight excluding hydrogens is 222 g/mol. The molecule has 102 valence electrons. The van der Waals surface area contributed by atoms with E-state index in [1.54, 1.807) is 0 Å². The van der Waals surface area contributed by atoms with Crippen LogP contribution < -0.4 is 10.2 Å². The summed E-state index contributed by atoms with van der Waals surface area (Å²) in [6.07, 6.45) is 1.19. The minimum Gasteiger partial charge on any atom is -0.378 e. The first-order chi connectivity index (χ1) is 8.56. The molecule has 1 rings (SSSR count). The predicted molar refractivity (Wildman–Crippen MR) is 80.4 cm³/mol. The number of rotatable bonds is 7. The second-order valence-electron chi connectivity index (χ2n) is 5.10. The molecule has 0 aliphatic carbocycles. The van der Waals surface area contributed by atoms with Crippen molar-refractivity contribution in [3.63, 3.8) is 0 Å². The van der Waals surface area contributed by atoms with E-state index in [1.807, 2.05) is 7.05 Å². The standard InChI is InChI=1S/C15H27N3/c1-13(18(5)12-6-11-16-2)14-7-9-15(10-8-14)17(3)4/h7-10,13,16H,6,11-12H2,1-5H3. The van der Waals surface area contributed by atoms with Crippen LogP contribution in [0.25, 0.3) is 0 Å². The Balaban J connectivity index is 2.57. The van der Waals surface area contributed by atoms with Gasteiger partial charge in [0.1, 0.15) is 0 Å². The third-order valence-corrected chi connectivity index (χ3v) is 3.49. The molecule has 0 radical (unpaired) electrons. The topological polar surface area (TPSA) is 18.5 Å². The Bertz CT molecular complexity index is 332. The molecule has 0 bridgehead atoms. The van der Waals surface area contributed by atoms with Gasteiger partial charge in [-0.25, -0.2) is 0 Å². The van der Waals surface area contributed by atoms with E-state index in [2.05, 4.69) is 67.4 Å². The number of hydrogen-bond donors (Lipinski definition) is 1. The molecule has 0 spiro atoms. The van der Waals surface area contributed by atoms with Crippen molar-refractivity contribution in [2.24, 2.45) is 0 Å². The van der Waals surface area contributed by atoms with E-state index in [0.717, 1.165) is 13.1 Å². The van der Waals surface area contributed by atoms with Crippen LogP contribution in [0.2, 0.25) is 0 Å². The predicted octanol–water partition coefficient (Wildman–Crippen LogP) is 2.35. The Morgan fingerprint density at radius 3 is 2.22 bits per heavy atom. The largest absolute Gasteiger partial charge is 0.378 e. The summed E-state index contributed by atoms with van der Waals surface area (Å²) in [5.41, 5.74) is 2.64. The van der Waals surface area contributed by atoms with Crippen molar-refractivity contribution in [2.45, 2.75) is 19.4 Å². The Labute approximate surface area is 112 Å². The molecule has 0 saturated heterocycles. The summed E-state index contributed by atoms with van der Waals surface area (Å²) in [6, 6.07) is 9.31. The van der Waals surface area contributed by atoms with E-state index in [4.69, 9.17) is 0 Å². The first kappa shape index (κ1) is 15.0. The van der Waals surface area contributed by atoms with E-state index in [-0.39, 0.29) is 0 Å². The van der Waals surface area contributed by atoms with Gasteiger partial charge in [0.05, 0.1) is 0 Å². The Hall–Kier alpha value is -1.06. The van der Waals surface area contributed by atoms with Gasteiger partial charge in [-0.2, -0.15) is 0 Å². The summed E-state index contributed by atoms with van der Waals surface area (Å²) in [7, 11) is 8.34. The SMILES string of the molecule is CNCCCN(C)C(C)c1ccc(N(C)C)cc1. The summed E-state index contributed by atoms with van der Waals surface area (Å²) in [5.74, 6) is 0. The van der Waals surface area contributed by atoms with Gasteiger partial charge in [0.25, 0.3) is 0 Å². The first-order valence-electron chi connectivity index (χ1n) is 6.68. The Morgan fingerprint density at radius 2 is 1.72 bits per heavy atom. The molecule has 1 unspecified atom stereocenters. The normalized spacial score (nSPS) is 12.8. The highest BCUT2D eigenvalue weighted by Crippen LogP contribution is 2.21. The van der Waals surface area contributed by atoms with Gasteiger partial charge in [0.15, 0.2) is 0 Å². The van der Waals surface area contributed by atoms with Gasteiger partial charge >= 0.3 is 0 Å². The molecule has 0 saturated carbocycles. The molecule has 0 fully saturated rings. The van der Waals surface area contributed by atoms with E-state index in [1.165, 1.54) is 17.7 Å². The highest BCUT2D eigenvalue weighted by Gasteiger charge is 2.11. The molecule has 1 atom stereocenters. The van der Waals surface area contributed by atoms with E-state index < -0.39 is 0 Å². The van der Waals surface area contributed by atoms with Gasteiger partial charge in [-0.1, -0.05) is 12.1 Å². The highest BCUT2D eigenvalue weighted by molar-refractivity contribution is 5.46. The third kappa shape index (κ3) is 4.31. The van der Waals surface area contributed by atoms with Crippen molar-refractivity contribution in [2.75, 3.05) is 46.2 Å². The van der Waals surface area contributed by atoms with Gasteiger partial charge in [-0.3, -0.25) is 4.90 Å². The Kier molecular flexibility index (Phi) is 6.16. The van der Waals surface area contributed by atoms with Crippen molar-refractivity contribution >= 4 is 5.69 Å². The van der Waals surface area contributed by atoms with Gasteiger partial charge in [-0.05, 0) is 58.2 Å². The van der Waals surface area contributed by atoms with Crippen molar-refractivity contribution in [1.82, 2.24) is 10.2 Å². The van der Waals surface area contributed by atoms with Crippen molar-refractivity contribution in [3.8, 4) is 0 Å². The van der Waals surface area contributed by atoms with Crippen molar-refractivity contribution < 1.29 is 0 Å². The average molecular weight is 249 g/mol. The molecule has 1 aromatic carbocycles. The monoisotopic (exact) mass is 249 g/mol. The number of nitrogens with zero attached hydrogens (tertiary/aromatic N) is 2. The van der Waals surface area contributed by atoms with Crippen molar-refractivity contribution in [1.29, 1.82) is 0 Å². The van der Waals surface area contributed by atoms with E-state index >= 15 is 0 Å². The summed E-state index contributed by atoms with van der Waals surface area (Å²) in [4.78, 5) is 4.53. The zero-order valence-electron chi connectivity index (χ0n) is 12.4. The fourth-order valence-electron chi connectivity index (χ4n) is 2.00. The second kappa shape index (κ2) is 7.39. The van der Waals surface area contributed by atoms with Crippen LogP contribution in [-0.2, 0) is 0 Å². The summed E-state index contributed by atoms with van der Waals surface area (Å²) < 4.78 is 0. The lowest BCUT2D eigenvalue weighted by Crippen LogP contribution is -2.25. The maximum Gasteiger partial charge on any atom is 0.0361 e. The minimum atomic E-state index is 0.470. The third-order valence-electron chi connectivity index (χ3n) is 3.49. The van der Waals surface area contributed by atoms with Crippen LogP contribution in [0, 0.1) is 0 Å². The fraction of sp³-hybridized carbons (Fsp3) is 0.600. The average Bonchev–Trinajstić information content (AvgIpc) is 2.38. The van der Waals surface area contributed by atoms with Crippen LogP contribution in [0.5, 0.6) is 0 Å². The number of anilines is 1. The number of benzene rings is 1. The van der Waals surface area contributed by atoms with E-state index in [9.17, 15) is 0 Å². The van der Waals surface area contributed by atoms with Crippen LogP contribution >= 0.6 is 0 Å². The Morgan fingerprint density at radius 1 is 1.11 bits per heavy atom. The second-order valence-corrected chi connectivity index (χ2v) is 5.10. The molecule has 0 heterocycles. The van der Waals surface area contributed by atoms with Crippen LogP contribution in [0.15, 0.2) is 24.3 Å². The molecule has 0 aromatic heterocycles. The maximum atomic E-state index is 3.19. The summed E-state index contributed by atoms with van der Waals surface area (Å²) in [6.45, 7) is 4.47. The zero-order chi connectivity index (χ0) is 13.5. The lowest BCUT2D eigenvalue weighted by Gasteiger charge is -2.25. The number of hydrogen-bond acceptors (Lipinski definition) is 3. The molecule has 18 heavy (non-hydrogen) atoms. The smallest absolute Gasteiger partial charge is 0.0361 e. The number of nitrogens with one attached hydrogen (secondary N) is 1. The lowest BCUT2D eigenvalue weighted by atomic mass is 10.1. The van der Waals surface area contributed by atoms with E-state index in [0.29, 0.717) is 6.04 Å². The molecule has 0 aliphatic heterocycles. The van der Waals surface area contributed by atoms with Gasteiger partial charge < -0.3 is 10.2 Å². The van der Waals surface area contributed by atoms with Crippen LogP contribution in [0.4, 0.5) is 5.69 Å². The van der Waals surface area contributed by atoms with Crippen LogP contribution in [-0.4, -0.2) is 46.2 Å². The van der Waals surface area contributed by atoms with Gasteiger partial charge in [-0.15, -0.1) is 0 Å². The first-order valence-corrected chi connectivity index (χ1v) is 6.68. The zero-order valence-corrected chi connectivity index (χ0v) is 12.4. The molecule has 3 nitrogen and oxygen atoms in total. The quantitative estimate of drug-likeness (QED) is 0.748. The molecule has 3 heteroatoms. The van der Waals surface area contributed by atoms with Crippen LogP contribution in [0.3, 0.4) is 0 Å². The van der Waals surface area contributed by atoms with Crippen LogP contribution in [0.1, 0.15) is 24.9 Å². The fourth-order valence-corrected chi connectivity index (χ4v) is 2.00. The molecule has 1 aromatic rings. The summed E-state index contributed by atoms with van der Waals surface area (Å²) in [5, 5.41) is 3.19. The summed E-state index contributed by atoms with van der Waals surface area (Å²) >= 11 is 0. The van der Waals surface area contributed by atoms with Gasteiger partial charge in [0, 0.05) is 25.8 Å².